The number of nitrogens with zero attached hydrogens (tertiary/aromatic N) is 1. The third kappa shape index (κ3) is 5.32. The first-order valence-corrected chi connectivity index (χ1v) is 10.8. The number of hydrazone groups is 1. The van der Waals surface area contributed by atoms with E-state index in [0.29, 0.717) is 27.0 Å². The molecule has 0 saturated heterocycles. The van der Waals surface area contributed by atoms with Crippen LogP contribution in [0.3, 0.4) is 0 Å². The second-order valence-electron chi connectivity index (χ2n) is 6.59. The fraction of sp³-hybridized carbons (Fsp3) is 0.0417. The van der Waals surface area contributed by atoms with Crippen molar-refractivity contribution in [3.63, 3.8) is 0 Å². The summed E-state index contributed by atoms with van der Waals surface area (Å²) in [7, 11) is 0. The molecule has 0 aliphatic rings. The van der Waals surface area contributed by atoms with Gasteiger partial charge in [0.25, 0.3) is 5.91 Å². The van der Waals surface area contributed by atoms with Crippen LogP contribution in [-0.2, 0) is 4.79 Å². The van der Waals surface area contributed by atoms with Crippen LogP contribution < -0.4 is 14.9 Å². The van der Waals surface area contributed by atoms with E-state index in [-0.39, 0.29) is 12.5 Å². The number of benzene rings is 3. The van der Waals surface area contributed by atoms with Gasteiger partial charge in [-0.15, -0.1) is 11.3 Å². The molecule has 32 heavy (non-hydrogen) atoms. The highest BCUT2D eigenvalue weighted by Crippen LogP contribution is 2.35. The predicted molar refractivity (Wildman–Crippen MR) is 126 cm³/mol. The molecule has 4 rings (SSSR count). The zero-order chi connectivity index (χ0) is 22.3. The van der Waals surface area contributed by atoms with Gasteiger partial charge in [-0.2, -0.15) is 5.10 Å². The molecule has 8 heteroatoms. The molecule has 0 unspecified atom stereocenters. The van der Waals surface area contributed by atoms with Gasteiger partial charge in [0.2, 0.25) is 0 Å². The average molecular weight is 465 g/mol. The number of hydrogen-bond acceptors (Lipinski definition) is 6. The number of carbonyl (C=O) groups is 2. The SMILES string of the molecule is O=C(COc1ccccc1)N/N=C/c1ccc(OC(=O)c2sc3ccccc3c2Cl)cc1. The van der Waals surface area contributed by atoms with Gasteiger partial charge >= 0.3 is 5.97 Å². The third-order valence-electron chi connectivity index (χ3n) is 4.33. The second-order valence-corrected chi connectivity index (χ2v) is 8.02. The smallest absolute Gasteiger partial charge is 0.355 e. The Morgan fingerprint density at radius 3 is 2.41 bits per heavy atom. The van der Waals surface area contributed by atoms with Crippen LogP contribution in [0.15, 0.2) is 84.0 Å². The number of fused-ring (bicyclic) bond motifs is 1. The van der Waals surface area contributed by atoms with Crippen LogP contribution in [0.5, 0.6) is 11.5 Å². The van der Waals surface area contributed by atoms with Gasteiger partial charge in [0.1, 0.15) is 16.4 Å². The maximum atomic E-state index is 12.5. The highest BCUT2D eigenvalue weighted by atomic mass is 35.5. The number of ether oxygens (including phenoxy) is 2. The van der Waals surface area contributed by atoms with Crippen molar-refractivity contribution in [1.29, 1.82) is 0 Å². The van der Waals surface area contributed by atoms with Crippen molar-refractivity contribution in [2.24, 2.45) is 5.10 Å². The van der Waals surface area contributed by atoms with Crippen LogP contribution in [0.4, 0.5) is 0 Å². The largest absolute Gasteiger partial charge is 0.484 e. The summed E-state index contributed by atoms with van der Waals surface area (Å²) in [6.45, 7) is -0.142. The average Bonchev–Trinajstić information content (AvgIpc) is 3.16. The third-order valence-corrected chi connectivity index (χ3v) is 5.98. The summed E-state index contributed by atoms with van der Waals surface area (Å²) in [4.78, 5) is 24.7. The Kier molecular flexibility index (Phi) is 6.79. The fourth-order valence-corrected chi connectivity index (χ4v) is 4.18. The number of amides is 1. The fourth-order valence-electron chi connectivity index (χ4n) is 2.80. The Morgan fingerprint density at radius 2 is 1.66 bits per heavy atom. The number of para-hydroxylation sites is 1. The van der Waals surface area contributed by atoms with Crippen molar-refractivity contribution in [2.75, 3.05) is 6.61 Å². The molecule has 1 aromatic heterocycles. The number of hydrogen-bond donors (Lipinski definition) is 1. The van der Waals surface area contributed by atoms with Crippen molar-refractivity contribution >= 4 is 51.1 Å². The maximum absolute atomic E-state index is 12.5. The lowest BCUT2D eigenvalue weighted by Gasteiger charge is -2.04. The van der Waals surface area contributed by atoms with Crippen LogP contribution in [0, 0.1) is 0 Å². The highest BCUT2D eigenvalue weighted by Gasteiger charge is 2.18. The molecule has 4 aromatic rings. The summed E-state index contributed by atoms with van der Waals surface area (Å²) in [6.07, 6.45) is 1.48. The molecule has 0 atom stereocenters. The minimum Gasteiger partial charge on any atom is -0.484 e. The Morgan fingerprint density at radius 1 is 0.938 bits per heavy atom. The van der Waals surface area contributed by atoms with Gasteiger partial charge in [-0.3, -0.25) is 4.79 Å². The molecule has 0 aliphatic carbocycles. The summed E-state index contributed by atoms with van der Waals surface area (Å²) in [5.41, 5.74) is 3.11. The Bertz CT molecular complexity index is 1270. The van der Waals surface area contributed by atoms with Crippen molar-refractivity contribution in [3.8, 4) is 11.5 Å². The quantitative estimate of drug-likeness (QED) is 0.174. The summed E-state index contributed by atoms with van der Waals surface area (Å²) >= 11 is 7.62. The number of esters is 1. The molecule has 3 aromatic carbocycles. The van der Waals surface area contributed by atoms with E-state index >= 15 is 0 Å². The molecular weight excluding hydrogens is 448 g/mol. The zero-order valence-corrected chi connectivity index (χ0v) is 18.2. The minimum absolute atomic E-state index is 0.142. The minimum atomic E-state index is -0.511. The van der Waals surface area contributed by atoms with Crippen molar-refractivity contribution in [3.05, 3.63) is 94.3 Å². The molecule has 0 bridgehead atoms. The molecule has 160 valence electrons. The van der Waals surface area contributed by atoms with Crippen LogP contribution in [-0.4, -0.2) is 24.7 Å². The van der Waals surface area contributed by atoms with Gasteiger partial charge in [0, 0.05) is 10.1 Å². The molecule has 1 N–H and O–H groups in total. The topological polar surface area (TPSA) is 77.0 Å². The van der Waals surface area contributed by atoms with Crippen molar-refractivity contribution in [2.45, 2.75) is 0 Å². The molecule has 1 amide bonds. The molecule has 0 radical (unpaired) electrons. The highest BCUT2D eigenvalue weighted by molar-refractivity contribution is 7.21. The molecule has 1 heterocycles. The number of halogens is 1. The van der Waals surface area contributed by atoms with Crippen LogP contribution in [0.25, 0.3) is 10.1 Å². The number of rotatable bonds is 7. The van der Waals surface area contributed by atoms with Gasteiger partial charge < -0.3 is 9.47 Å². The van der Waals surface area contributed by atoms with Gasteiger partial charge in [-0.05, 0) is 48.0 Å². The first-order chi connectivity index (χ1) is 15.6. The van der Waals surface area contributed by atoms with Crippen molar-refractivity contribution < 1.29 is 19.1 Å². The normalized spacial score (nSPS) is 10.9. The molecular formula is C24H17ClN2O4S. The standard InChI is InChI=1S/C24H17ClN2O4S/c25-22-19-8-4-5-9-20(19)32-23(22)24(29)31-18-12-10-16(11-13-18)14-26-27-21(28)15-30-17-6-2-1-3-7-17/h1-14H,15H2,(H,27,28)/b26-14+. The van der Waals surface area contributed by atoms with E-state index in [4.69, 9.17) is 21.1 Å². The maximum Gasteiger partial charge on any atom is 0.355 e. The lowest BCUT2D eigenvalue weighted by atomic mass is 10.2. The first kappa shape index (κ1) is 21.5. The van der Waals surface area contributed by atoms with E-state index in [0.717, 1.165) is 10.1 Å². The predicted octanol–water partition coefficient (Wildman–Crippen LogP) is 5.30. The number of nitrogens with one attached hydrogen (secondary N) is 1. The first-order valence-electron chi connectivity index (χ1n) is 9.59. The Hall–Kier alpha value is -3.68. The van der Waals surface area contributed by atoms with Crippen LogP contribution in [0.2, 0.25) is 5.02 Å². The van der Waals surface area contributed by atoms with Gasteiger partial charge in [-0.1, -0.05) is 48.0 Å². The van der Waals surface area contributed by atoms with E-state index in [9.17, 15) is 9.59 Å². The van der Waals surface area contributed by atoms with Crippen LogP contribution >= 0.6 is 22.9 Å². The summed E-state index contributed by atoms with van der Waals surface area (Å²) in [5, 5.41) is 5.12. The van der Waals surface area contributed by atoms with E-state index < -0.39 is 5.97 Å². The summed E-state index contributed by atoms with van der Waals surface area (Å²) in [6, 6.07) is 23.3. The molecule has 6 nitrogen and oxygen atoms in total. The van der Waals surface area contributed by atoms with Gasteiger partial charge in [0.05, 0.1) is 11.2 Å². The van der Waals surface area contributed by atoms with E-state index in [1.807, 2.05) is 42.5 Å². The van der Waals surface area contributed by atoms with Crippen molar-refractivity contribution in [1.82, 2.24) is 5.43 Å². The Labute approximate surface area is 193 Å². The Balaban J connectivity index is 1.30. The van der Waals surface area contributed by atoms with E-state index in [1.165, 1.54) is 17.6 Å². The monoisotopic (exact) mass is 464 g/mol. The van der Waals surface area contributed by atoms with E-state index in [1.54, 1.807) is 36.4 Å². The van der Waals surface area contributed by atoms with Gasteiger partial charge in [0.15, 0.2) is 6.61 Å². The van der Waals surface area contributed by atoms with Gasteiger partial charge in [-0.25, -0.2) is 10.2 Å². The number of carbonyl (C=O) groups excluding carboxylic acids is 2. The van der Waals surface area contributed by atoms with E-state index in [2.05, 4.69) is 10.5 Å². The molecule has 0 fully saturated rings. The summed E-state index contributed by atoms with van der Waals surface area (Å²) < 4.78 is 11.7. The molecule has 0 spiro atoms. The molecule has 0 saturated carbocycles. The second kappa shape index (κ2) is 10.1. The zero-order valence-electron chi connectivity index (χ0n) is 16.7. The lowest BCUT2D eigenvalue weighted by Crippen LogP contribution is -2.24. The molecule has 0 aliphatic heterocycles. The number of thiophene rings is 1. The summed E-state index contributed by atoms with van der Waals surface area (Å²) in [5.74, 6) is 0.0915. The lowest BCUT2D eigenvalue weighted by molar-refractivity contribution is -0.123. The van der Waals surface area contributed by atoms with Crippen LogP contribution in [0.1, 0.15) is 15.2 Å².